The van der Waals surface area contributed by atoms with Gasteiger partial charge in [0, 0.05) is 11.6 Å². The van der Waals surface area contributed by atoms with E-state index in [0.717, 1.165) is 5.56 Å². The van der Waals surface area contributed by atoms with Gasteiger partial charge in [0.05, 0.1) is 12.2 Å². The molecule has 1 amide bonds. The first-order chi connectivity index (χ1) is 11.0. The van der Waals surface area contributed by atoms with Crippen molar-refractivity contribution in [3.63, 3.8) is 0 Å². The van der Waals surface area contributed by atoms with E-state index in [-0.39, 0.29) is 24.3 Å². The summed E-state index contributed by atoms with van der Waals surface area (Å²) >= 11 is 0. The molecule has 1 heterocycles. The number of carbonyl (C=O) groups is 1. The maximum absolute atomic E-state index is 14.0. The maximum Gasteiger partial charge on any atom is 0.268 e. The Balaban J connectivity index is 2.03. The molecule has 1 aliphatic rings. The van der Waals surface area contributed by atoms with E-state index in [1.54, 1.807) is 30.0 Å². The van der Waals surface area contributed by atoms with Crippen LogP contribution in [0.5, 0.6) is 5.75 Å². The predicted molar refractivity (Wildman–Crippen MR) is 86.7 cm³/mol. The summed E-state index contributed by atoms with van der Waals surface area (Å²) in [6.07, 6.45) is -0.601. The number of benzene rings is 2. The highest BCUT2D eigenvalue weighted by atomic mass is 19.1. The van der Waals surface area contributed by atoms with E-state index >= 15 is 0 Å². The van der Waals surface area contributed by atoms with Crippen LogP contribution in [-0.2, 0) is 11.3 Å². The van der Waals surface area contributed by atoms with E-state index in [1.165, 1.54) is 6.07 Å². The van der Waals surface area contributed by atoms with Gasteiger partial charge in [-0.25, -0.2) is 4.39 Å². The summed E-state index contributed by atoms with van der Waals surface area (Å²) < 4.78 is 19.6. The highest BCUT2D eigenvalue weighted by molar-refractivity contribution is 5.99. The number of fused-ring (bicyclic) bond motifs is 1. The monoisotopic (exact) mass is 314 g/mol. The van der Waals surface area contributed by atoms with Crippen molar-refractivity contribution in [2.75, 3.05) is 4.90 Å². The van der Waals surface area contributed by atoms with Gasteiger partial charge in [0.15, 0.2) is 6.10 Å². The normalized spacial score (nSPS) is 18.3. The van der Waals surface area contributed by atoms with Crippen LogP contribution in [0.3, 0.4) is 0 Å². The molecule has 0 spiro atoms. The lowest BCUT2D eigenvalue weighted by Crippen LogP contribution is -2.44. The Kier molecular flexibility index (Phi) is 4.05. The molecule has 2 aromatic carbocycles. The van der Waals surface area contributed by atoms with E-state index in [9.17, 15) is 9.18 Å². The molecule has 2 atom stereocenters. The largest absolute Gasteiger partial charge is 0.479 e. The van der Waals surface area contributed by atoms with Crippen molar-refractivity contribution in [3.8, 4) is 5.75 Å². The molecule has 120 valence electrons. The van der Waals surface area contributed by atoms with Gasteiger partial charge in [-0.3, -0.25) is 4.79 Å². The summed E-state index contributed by atoms with van der Waals surface area (Å²) in [5.41, 5.74) is 7.92. The third kappa shape index (κ3) is 2.92. The maximum atomic E-state index is 14.0. The Morgan fingerprint density at radius 1 is 1.30 bits per heavy atom. The minimum atomic E-state index is -0.601. The summed E-state index contributed by atoms with van der Waals surface area (Å²) in [7, 11) is 0. The van der Waals surface area contributed by atoms with Crippen LogP contribution in [0.4, 0.5) is 10.1 Å². The van der Waals surface area contributed by atoms with Crippen molar-refractivity contribution in [1.29, 1.82) is 0 Å². The van der Waals surface area contributed by atoms with Crippen LogP contribution >= 0.6 is 0 Å². The van der Waals surface area contributed by atoms with Gasteiger partial charge in [0.25, 0.3) is 5.91 Å². The zero-order valence-corrected chi connectivity index (χ0v) is 13.1. The van der Waals surface area contributed by atoms with Crippen molar-refractivity contribution in [2.24, 2.45) is 5.73 Å². The Bertz CT molecular complexity index is 746. The summed E-state index contributed by atoms with van der Waals surface area (Å²) in [6.45, 7) is 3.73. The standard InChI is InChI=1S/C18H19FN2O2/c1-11(20)13-7-8-17-16(9-13)21(18(22)12(2)23-17)10-14-5-3-4-6-15(14)19/h3-9,11-12H,10,20H2,1-2H3. The first-order valence-electron chi connectivity index (χ1n) is 7.58. The molecular weight excluding hydrogens is 295 g/mol. The number of rotatable bonds is 3. The van der Waals surface area contributed by atoms with Crippen molar-refractivity contribution < 1.29 is 13.9 Å². The molecule has 3 rings (SSSR count). The molecule has 0 fully saturated rings. The van der Waals surface area contributed by atoms with Crippen LogP contribution in [0, 0.1) is 5.82 Å². The number of halogens is 1. The number of carbonyl (C=O) groups excluding carboxylic acids is 1. The molecule has 0 bridgehead atoms. The summed E-state index contributed by atoms with van der Waals surface area (Å²) in [5, 5.41) is 0. The number of nitrogens with zero attached hydrogens (tertiary/aromatic N) is 1. The van der Waals surface area contributed by atoms with E-state index < -0.39 is 6.10 Å². The average Bonchev–Trinajstić information content (AvgIpc) is 2.53. The molecule has 0 radical (unpaired) electrons. The first-order valence-corrected chi connectivity index (χ1v) is 7.58. The Morgan fingerprint density at radius 3 is 2.74 bits per heavy atom. The molecule has 23 heavy (non-hydrogen) atoms. The van der Waals surface area contributed by atoms with E-state index in [0.29, 0.717) is 17.0 Å². The van der Waals surface area contributed by atoms with E-state index in [4.69, 9.17) is 10.5 Å². The van der Waals surface area contributed by atoms with Crippen LogP contribution in [0.25, 0.3) is 0 Å². The minimum Gasteiger partial charge on any atom is -0.479 e. The lowest BCUT2D eigenvalue weighted by atomic mass is 10.0. The van der Waals surface area contributed by atoms with Gasteiger partial charge >= 0.3 is 0 Å². The number of ether oxygens (including phenoxy) is 1. The summed E-state index contributed by atoms with van der Waals surface area (Å²) in [6, 6.07) is 11.8. The van der Waals surface area contributed by atoms with Crippen molar-refractivity contribution in [3.05, 3.63) is 59.4 Å². The fourth-order valence-electron chi connectivity index (χ4n) is 2.67. The quantitative estimate of drug-likeness (QED) is 0.947. The second-order valence-corrected chi connectivity index (χ2v) is 5.79. The first kappa shape index (κ1) is 15.5. The van der Waals surface area contributed by atoms with Gasteiger partial charge in [-0.2, -0.15) is 0 Å². The highest BCUT2D eigenvalue weighted by Crippen LogP contribution is 2.37. The number of hydrogen-bond donors (Lipinski definition) is 1. The third-order valence-corrected chi connectivity index (χ3v) is 4.00. The van der Waals surface area contributed by atoms with Gasteiger partial charge in [-0.15, -0.1) is 0 Å². The highest BCUT2D eigenvalue weighted by Gasteiger charge is 2.32. The van der Waals surface area contributed by atoms with Crippen LogP contribution in [-0.4, -0.2) is 12.0 Å². The fraction of sp³-hybridized carbons (Fsp3) is 0.278. The van der Waals surface area contributed by atoms with Gasteiger partial charge < -0.3 is 15.4 Å². The van der Waals surface area contributed by atoms with E-state index in [1.807, 2.05) is 25.1 Å². The SMILES string of the molecule is CC1Oc2ccc(C(C)N)cc2N(Cc2ccccc2F)C1=O. The van der Waals surface area contributed by atoms with Crippen LogP contribution in [0.1, 0.15) is 31.0 Å². The lowest BCUT2D eigenvalue weighted by molar-refractivity contribution is -0.125. The van der Waals surface area contributed by atoms with Gasteiger partial charge in [-0.1, -0.05) is 24.3 Å². The van der Waals surface area contributed by atoms with Crippen molar-refractivity contribution >= 4 is 11.6 Å². The molecular formula is C18H19FN2O2. The van der Waals surface area contributed by atoms with Crippen molar-refractivity contribution in [1.82, 2.24) is 0 Å². The Morgan fingerprint density at radius 2 is 2.04 bits per heavy atom. The summed E-state index contributed by atoms with van der Waals surface area (Å²) in [4.78, 5) is 14.1. The third-order valence-electron chi connectivity index (χ3n) is 4.00. The molecule has 2 unspecified atom stereocenters. The molecule has 0 aliphatic carbocycles. The van der Waals surface area contributed by atoms with Crippen molar-refractivity contribution in [2.45, 2.75) is 32.5 Å². The fourth-order valence-corrected chi connectivity index (χ4v) is 2.67. The predicted octanol–water partition coefficient (Wildman–Crippen LogP) is 3.16. The Labute approximate surface area is 134 Å². The molecule has 0 aromatic heterocycles. The Hall–Kier alpha value is -2.40. The van der Waals surface area contributed by atoms with Gasteiger partial charge in [0.1, 0.15) is 11.6 Å². The smallest absolute Gasteiger partial charge is 0.268 e. The number of nitrogens with two attached hydrogens (primary N) is 1. The molecule has 1 aliphatic heterocycles. The summed E-state index contributed by atoms with van der Waals surface area (Å²) in [5.74, 6) is 0.0877. The number of amides is 1. The molecule has 2 aromatic rings. The second kappa shape index (κ2) is 6.01. The molecule has 2 N–H and O–H groups in total. The number of anilines is 1. The zero-order valence-electron chi connectivity index (χ0n) is 13.1. The van der Waals surface area contributed by atoms with Crippen LogP contribution in [0.2, 0.25) is 0 Å². The lowest BCUT2D eigenvalue weighted by Gasteiger charge is -2.33. The molecule has 4 nitrogen and oxygen atoms in total. The molecule has 0 saturated heterocycles. The molecule has 5 heteroatoms. The minimum absolute atomic E-state index is 0.161. The topological polar surface area (TPSA) is 55.6 Å². The zero-order chi connectivity index (χ0) is 16.6. The second-order valence-electron chi connectivity index (χ2n) is 5.79. The average molecular weight is 314 g/mol. The van der Waals surface area contributed by atoms with Gasteiger partial charge in [-0.05, 0) is 37.6 Å². The molecule has 0 saturated carbocycles. The van der Waals surface area contributed by atoms with Crippen LogP contribution < -0.4 is 15.4 Å². The van der Waals surface area contributed by atoms with Crippen LogP contribution in [0.15, 0.2) is 42.5 Å². The van der Waals surface area contributed by atoms with E-state index in [2.05, 4.69) is 0 Å². The number of hydrogen-bond acceptors (Lipinski definition) is 3. The van der Waals surface area contributed by atoms with Gasteiger partial charge in [0.2, 0.25) is 0 Å².